The van der Waals surface area contributed by atoms with Gasteiger partial charge in [0.25, 0.3) is 0 Å². The zero-order valence-corrected chi connectivity index (χ0v) is 30.6. The van der Waals surface area contributed by atoms with Gasteiger partial charge in [0.2, 0.25) is 0 Å². The van der Waals surface area contributed by atoms with Crippen LogP contribution in [0.4, 0.5) is 0 Å². The zero-order valence-electron chi connectivity index (χ0n) is 27.7. The third kappa shape index (κ3) is 9.09. The molecule has 0 unspecified atom stereocenters. The molecule has 7 nitrogen and oxygen atoms in total. The molecule has 0 atom stereocenters. The number of hydrazone groups is 2. The molecule has 0 bridgehead atoms. The number of allylic oxidation sites excluding steroid dienone is 1. The number of aryl methyl sites for hydroxylation is 1. The van der Waals surface area contributed by atoms with Crippen molar-refractivity contribution in [1.82, 2.24) is 10.9 Å². The van der Waals surface area contributed by atoms with Gasteiger partial charge in [0.1, 0.15) is 5.60 Å². The molecule has 0 saturated heterocycles. The molecule has 42 heavy (non-hydrogen) atoms. The van der Waals surface area contributed by atoms with Gasteiger partial charge in [-0.05, 0) is 40.0 Å². The molecular weight excluding hydrogens is 631 g/mol. The number of carbonyl (C=O) groups is 1. The molecule has 2 N–H and O–H groups in total. The minimum absolute atomic E-state index is 0.284. The van der Waals surface area contributed by atoms with Gasteiger partial charge in [0, 0.05) is 0 Å². The van der Waals surface area contributed by atoms with Crippen LogP contribution in [0.1, 0.15) is 107 Å². The minimum atomic E-state index is -2.54. The molecule has 2 aliphatic rings. The number of hydrogen-bond acceptors (Lipinski definition) is 7. The van der Waals surface area contributed by atoms with Gasteiger partial charge in [-0.1, -0.05) is 13.8 Å². The van der Waals surface area contributed by atoms with Crippen LogP contribution < -0.4 is 14.4 Å². The number of amidine groups is 2. The molecule has 8 heteroatoms. The van der Waals surface area contributed by atoms with E-state index in [1.807, 2.05) is 46.8 Å². The monoisotopic (exact) mass is 682 g/mol. The second-order valence-electron chi connectivity index (χ2n) is 13.8. The maximum atomic E-state index is 13.0. The van der Waals surface area contributed by atoms with Crippen LogP contribution in [0.25, 0.3) is 5.76 Å². The first-order chi connectivity index (χ1) is 19.5. The van der Waals surface area contributed by atoms with Crippen molar-refractivity contribution in [2.24, 2.45) is 10.2 Å². The van der Waals surface area contributed by atoms with Crippen LogP contribution in [0, 0.1) is 6.92 Å². The van der Waals surface area contributed by atoms with E-state index in [0.29, 0.717) is 17.2 Å². The predicted octanol–water partition coefficient (Wildman–Crippen LogP) is 7.45. The molecule has 4 rings (SSSR count). The van der Waals surface area contributed by atoms with E-state index in [0.717, 1.165) is 40.9 Å². The summed E-state index contributed by atoms with van der Waals surface area (Å²) < 4.78 is 13.3. The molecule has 0 aromatic heterocycles. The van der Waals surface area contributed by atoms with Crippen molar-refractivity contribution in [3.8, 4) is 0 Å². The Morgan fingerprint density at radius 3 is 1.74 bits per heavy atom. The molecule has 1 aliphatic heterocycles. The number of carbonyl (C=O) groups excluding carboxylic acids is 1. The molecule has 0 radical (unpaired) electrons. The molecule has 0 spiro atoms. The second kappa shape index (κ2) is 13.2. The maximum absolute atomic E-state index is 13.0. The Labute approximate surface area is 257 Å². The van der Waals surface area contributed by atoms with E-state index < -0.39 is 24.0 Å². The fraction of sp³-hybridized carbons (Fsp3) is 0.500. The molecule has 1 heterocycles. The van der Waals surface area contributed by atoms with Crippen molar-refractivity contribution in [1.29, 1.82) is 0 Å². The third-order valence-electron chi connectivity index (χ3n) is 6.55. The number of ether oxygens (including phenoxy) is 2. The number of nitrogens with zero attached hydrogens (tertiary/aromatic N) is 2. The van der Waals surface area contributed by atoms with Gasteiger partial charge >= 0.3 is 199 Å². The molecule has 0 amide bonds. The first kappa shape index (κ1) is 33.7. The first-order valence-corrected chi connectivity index (χ1v) is 25.1. The SMILES string of the molecule is CC.Cc1cc(C2=NNC(c3cc(C(=O)OC(C)(C)C)c[c]([Sn]([CH3])([CH3])[CH3])c3)=NN2)cc(C(OC(C)(C)C)=C2CCC2)c1. The van der Waals surface area contributed by atoms with Crippen molar-refractivity contribution in [3.05, 3.63) is 69.8 Å². The Morgan fingerprint density at radius 2 is 1.29 bits per heavy atom. The van der Waals surface area contributed by atoms with Crippen molar-refractivity contribution in [2.45, 2.75) is 108 Å². The summed E-state index contributed by atoms with van der Waals surface area (Å²) in [5.74, 6) is 1.84. The number of benzene rings is 2. The van der Waals surface area contributed by atoms with E-state index in [9.17, 15) is 4.79 Å². The van der Waals surface area contributed by atoms with Gasteiger partial charge < -0.3 is 0 Å². The van der Waals surface area contributed by atoms with Crippen LogP contribution in [0.2, 0.25) is 14.8 Å². The number of hydrogen-bond donors (Lipinski definition) is 2. The van der Waals surface area contributed by atoms with Crippen LogP contribution in [0.15, 0.2) is 52.2 Å². The summed E-state index contributed by atoms with van der Waals surface area (Å²) in [6, 6.07) is 12.3. The Morgan fingerprint density at radius 1 is 0.762 bits per heavy atom. The van der Waals surface area contributed by atoms with Crippen molar-refractivity contribution in [3.63, 3.8) is 0 Å². The van der Waals surface area contributed by atoms with Crippen molar-refractivity contribution < 1.29 is 14.3 Å². The Bertz CT molecular complexity index is 1400. The van der Waals surface area contributed by atoms with Crippen LogP contribution in [-0.2, 0) is 9.47 Å². The van der Waals surface area contributed by atoms with E-state index in [2.05, 4.69) is 87.8 Å². The molecule has 1 aliphatic carbocycles. The Hall–Kier alpha value is -2.81. The quantitative estimate of drug-likeness (QED) is 0.188. The molecule has 1 saturated carbocycles. The first-order valence-electron chi connectivity index (χ1n) is 15.1. The number of esters is 1. The summed E-state index contributed by atoms with van der Waals surface area (Å²) in [6.45, 7) is 18.0. The predicted molar refractivity (Wildman–Crippen MR) is 178 cm³/mol. The van der Waals surface area contributed by atoms with E-state index in [1.54, 1.807) is 0 Å². The topological polar surface area (TPSA) is 84.3 Å². The molecule has 1 fully saturated rings. The molecular formula is C34H50N4O3Sn. The molecule has 228 valence electrons. The average Bonchev–Trinajstić information content (AvgIpc) is 2.85. The summed E-state index contributed by atoms with van der Waals surface area (Å²) in [6.07, 6.45) is 3.36. The second-order valence-corrected chi connectivity index (χ2v) is 28.3. The van der Waals surface area contributed by atoms with Gasteiger partial charge in [-0.3, -0.25) is 0 Å². The Kier molecular flexibility index (Phi) is 10.6. The standard InChI is InChI=1S/C29H35N4O3.C2H6.3CH3.Sn/c1-18-14-22(24(19-10-8-11-19)35-28(2,3)4)17-23(15-18)26-32-30-25(31-33-26)20-12-9-13-21(16-20)27(34)36-29(5,6)7;1-2;;;;/h12-17H,8,10-11H2,1-7H3,(H,30,31)(H,32,33);1-2H3;3*1H3;. The van der Waals surface area contributed by atoms with Crippen LogP contribution >= 0.6 is 0 Å². The third-order valence-corrected chi connectivity index (χ3v) is 12.3. The fourth-order valence-corrected chi connectivity index (χ4v) is 7.81. The van der Waals surface area contributed by atoms with E-state index in [4.69, 9.17) is 9.47 Å². The molecule has 2 aromatic carbocycles. The fourth-order valence-electron chi connectivity index (χ4n) is 4.45. The van der Waals surface area contributed by atoms with E-state index in [-0.39, 0.29) is 11.6 Å². The van der Waals surface area contributed by atoms with Gasteiger partial charge in [-0.15, -0.1) is 0 Å². The van der Waals surface area contributed by atoms with Gasteiger partial charge in [-0.25, -0.2) is 0 Å². The van der Waals surface area contributed by atoms with Crippen molar-refractivity contribution >= 4 is 45.4 Å². The average molecular weight is 682 g/mol. The summed E-state index contributed by atoms with van der Waals surface area (Å²) in [4.78, 5) is 19.9. The summed E-state index contributed by atoms with van der Waals surface area (Å²) >= 11 is -2.54. The normalized spacial score (nSPS) is 15.1. The summed E-state index contributed by atoms with van der Waals surface area (Å²) in [5, 5.41) is 9.28. The number of rotatable bonds is 6. The van der Waals surface area contributed by atoms with Crippen LogP contribution in [0.5, 0.6) is 0 Å². The van der Waals surface area contributed by atoms with Crippen LogP contribution in [-0.4, -0.2) is 47.2 Å². The van der Waals surface area contributed by atoms with Gasteiger partial charge in [-0.2, -0.15) is 0 Å². The zero-order chi connectivity index (χ0) is 31.5. The summed E-state index contributed by atoms with van der Waals surface area (Å²) in [7, 11) is 0. The summed E-state index contributed by atoms with van der Waals surface area (Å²) in [5.41, 5.74) is 11.2. The van der Waals surface area contributed by atoms with Gasteiger partial charge in [0.05, 0.1) is 0 Å². The van der Waals surface area contributed by atoms with Gasteiger partial charge in [0.15, 0.2) is 0 Å². The van der Waals surface area contributed by atoms with E-state index in [1.165, 1.54) is 15.6 Å². The van der Waals surface area contributed by atoms with E-state index >= 15 is 0 Å². The number of nitrogens with one attached hydrogen (secondary N) is 2. The van der Waals surface area contributed by atoms with Crippen LogP contribution in [0.3, 0.4) is 0 Å². The Balaban J connectivity index is 0.00000237. The molecule has 2 aromatic rings. The van der Waals surface area contributed by atoms with Crippen molar-refractivity contribution in [2.75, 3.05) is 0 Å².